The van der Waals surface area contributed by atoms with Crippen LogP contribution >= 0.6 is 0 Å². The van der Waals surface area contributed by atoms with Crippen LogP contribution in [0.25, 0.3) is 10.9 Å². The molecular formula is C23H26N6O3. The molecule has 0 aliphatic carbocycles. The number of fused-ring (bicyclic) bond motifs is 1. The number of nitrogens with zero attached hydrogens (tertiary/aromatic N) is 4. The van der Waals surface area contributed by atoms with Crippen LogP contribution in [-0.4, -0.2) is 49.0 Å². The van der Waals surface area contributed by atoms with Crippen molar-refractivity contribution in [3.8, 4) is 17.6 Å². The molecule has 32 heavy (non-hydrogen) atoms. The van der Waals surface area contributed by atoms with Crippen LogP contribution in [0.3, 0.4) is 0 Å². The molecular weight excluding hydrogens is 408 g/mol. The molecule has 9 nitrogen and oxygen atoms in total. The molecule has 9 heteroatoms. The number of hydrogen-bond donors (Lipinski definition) is 2. The van der Waals surface area contributed by atoms with Crippen molar-refractivity contribution in [1.82, 2.24) is 20.2 Å². The average Bonchev–Trinajstić information content (AvgIpc) is 2.77. The standard InChI is InChI=1S/C23H26N6O3/c1-14(29(2)3)26-16-8-6-7-15(9-16)12-25-13-20-27-18-10-19(31-4)22(32-5)17(11-24)21(18)23(30)28-20/h6-10,25H,12-13H2,1-5H3,(H,27,28,30)/b26-14+. The van der Waals surface area contributed by atoms with Crippen LogP contribution in [0.4, 0.5) is 5.69 Å². The molecule has 1 heterocycles. The smallest absolute Gasteiger partial charge is 0.282 e. The van der Waals surface area contributed by atoms with E-state index in [0.717, 1.165) is 17.1 Å². The summed E-state index contributed by atoms with van der Waals surface area (Å²) in [6.07, 6.45) is 0. The van der Waals surface area contributed by atoms with Crippen molar-refractivity contribution in [1.29, 1.82) is 5.26 Å². The molecule has 0 amide bonds. The Bertz CT molecular complexity index is 1260. The summed E-state index contributed by atoms with van der Waals surface area (Å²) in [6.45, 7) is 2.86. The van der Waals surface area contributed by atoms with Crippen LogP contribution < -0.4 is 20.3 Å². The van der Waals surface area contributed by atoms with Crippen LogP contribution in [0.2, 0.25) is 0 Å². The monoisotopic (exact) mass is 434 g/mol. The van der Waals surface area contributed by atoms with Gasteiger partial charge >= 0.3 is 0 Å². The Morgan fingerprint density at radius 1 is 1.25 bits per heavy atom. The number of rotatable bonds is 7. The normalized spacial score (nSPS) is 11.3. The topological polar surface area (TPSA) is 116 Å². The number of benzene rings is 2. The maximum absolute atomic E-state index is 12.7. The summed E-state index contributed by atoms with van der Waals surface area (Å²) < 4.78 is 10.6. The van der Waals surface area contributed by atoms with E-state index in [0.29, 0.717) is 30.2 Å². The van der Waals surface area contributed by atoms with E-state index in [1.54, 1.807) is 6.07 Å². The molecule has 2 aromatic carbocycles. The highest BCUT2D eigenvalue weighted by Gasteiger charge is 2.18. The predicted octanol–water partition coefficient (Wildman–Crippen LogP) is 2.71. The van der Waals surface area contributed by atoms with E-state index in [1.165, 1.54) is 14.2 Å². The second-order valence-corrected chi connectivity index (χ2v) is 7.34. The van der Waals surface area contributed by atoms with Crippen molar-refractivity contribution in [3.05, 3.63) is 57.6 Å². The fourth-order valence-corrected chi connectivity index (χ4v) is 3.22. The van der Waals surface area contributed by atoms with Gasteiger partial charge < -0.3 is 24.7 Å². The lowest BCUT2D eigenvalue weighted by Crippen LogP contribution is -2.20. The lowest BCUT2D eigenvalue weighted by Gasteiger charge is -2.12. The Hall–Kier alpha value is -3.90. The minimum Gasteiger partial charge on any atom is -0.493 e. The van der Waals surface area contributed by atoms with Crippen molar-refractivity contribution in [2.75, 3.05) is 28.3 Å². The van der Waals surface area contributed by atoms with Gasteiger partial charge in [-0.05, 0) is 24.6 Å². The van der Waals surface area contributed by atoms with Crippen molar-refractivity contribution >= 4 is 22.4 Å². The number of aromatic amines is 1. The molecule has 0 radical (unpaired) electrons. The lowest BCUT2D eigenvalue weighted by atomic mass is 10.1. The quantitative estimate of drug-likeness (QED) is 0.434. The van der Waals surface area contributed by atoms with Gasteiger partial charge in [0.1, 0.15) is 23.3 Å². The van der Waals surface area contributed by atoms with Crippen molar-refractivity contribution in [3.63, 3.8) is 0 Å². The number of aliphatic imine (C=N–C) groups is 1. The van der Waals surface area contributed by atoms with Crippen molar-refractivity contribution in [2.24, 2.45) is 4.99 Å². The Morgan fingerprint density at radius 2 is 2.03 bits per heavy atom. The number of ether oxygens (including phenoxy) is 2. The van der Waals surface area contributed by atoms with Crippen molar-refractivity contribution < 1.29 is 9.47 Å². The van der Waals surface area contributed by atoms with E-state index in [4.69, 9.17) is 9.47 Å². The summed E-state index contributed by atoms with van der Waals surface area (Å²) in [5.41, 5.74) is 1.99. The number of methoxy groups -OCH3 is 2. The molecule has 3 aromatic rings. The van der Waals surface area contributed by atoms with Gasteiger partial charge in [0, 0.05) is 26.7 Å². The molecule has 0 saturated carbocycles. The first-order valence-electron chi connectivity index (χ1n) is 9.98. The number of nitrogens with one attached hydrogen (secondary N) is 2. The highest BCUT2D eigenvalue weighted by molar-refractivity contribution is 5.89. The van der Waals surface area contributed by atoms with E-state index in [9.17, 15) is 10.1 Å². The molecule has 0 fully saturated rings. The van der Waals surface area contributed by atoms with Gasteiger partial charge in [0.15, 0.2) is 11.5 Å². The molecule has 0 unspecified atom stereocenters. The molecule has 0 spiro atoms. The average molecular weight is 435 g/mol. The minimum atomic E-state index is -0.497. The van der Waals surface area contributed by atoms with E-state index in [1.807, 2.05) is 56.3 Å². The molecule has 0 bridgehead atoms. The fraction of sp³-hybridized carbons (Fsp3) is 0.304. The van der Waals surface area contributed by atoms with Gasteiger partial charge in [-0.3, -0.25) is 4.79 Å². The second-order valence-electron chi connectivity index (χ2n) is 7.34. The first-order chi connectivity index (χ1) is 15.4. The zero-order chi connectivity index (χ0) is 23.3. The lowest BCUT2D eigenvalue weighted by molar-refractivity contribution is 0.355. The number of nitriles is 1. The Balaban J connectivity index is 1.82. The second kappa shape index (κ2) is 9.94. The molecule has 0 aliphatic rings. The molecule has 2 N–H and O–H groups in total. The van der Waals surface area contributed by atoms with Gasteiger partial charge in [-0.2, -0.15) is 10.2 Å². The summed E-state index contributed by atoms with van der Waals surface area (Å²) in [7, 11) is 6.80. The van der Waals surface area contributed by atoms with Gasteiger partial charge in [0.2, 0.25) is 0 Å². The third-order valence-electron chi connectivity index (χ3n) is 4.98. The van der Waals surface area contributed by atoms with Crippen LogP contribution in [0.5, 0.6) is 11.5 Å². The SMILES string of the molecule is COc1cc2[nH]c(CNCc3cccc(/N=C(\C)N(C)C)c3)nc(=O)c2c(C#N)c1OC. The highest BCUT2D eigenvalue weighted by Crippen LogP contribution is 2.34. The molecule has 0 aliphatic heterocycles. The number of amidine groups is 1. The maximum atomic E-state index is 12.7. The molecule has 0 saturated heterocycles. The minimum absolute atomic E-state index is 0.0977. The first-order valence-corrected chi connectivity index (χ1v) is 9.98. The van der Waals surface area contributed by atoms with E-state index >= 15 is 0 Å². The van der Waals surface area contributed by atoms with E-state index in [2.05, 4.69) is 20.3 Å². The Labute approximate surface area is 186 Å². The fourth-order valence-electron chi connectivity index (χ4n) is 3.22. The Morgan fingerprint density at radius 3 is 2.69 bits per heavy atom. The zero-order valence-corrected chi connectivity index (χ0v) is 18.8. The first kappa shape index (κ1) is 22.8. The molecule has 3 rings (SSSR count). The summed E-state index contributed by atoms with van der Waals surface area (Å²) in [4.78, 5) is 26.4. The third kappa shape index (κ3) is 4.87. The highest BCUT2D eigenvalue weighted by atomic mass is 16.5. The number of H-pyrrole nitrogens is 1. The summed E-state index contributed by atoms with van der Waals surface area (Å²) in [5.74, 6) is 1.95. The largest absolute Gasteiger partial charge is 0.493 e. The number of aromatic nitrogens is 2. The van der Waals surface area contributed by atoms with Crippen LogP contribution in [0.1, 0.15) is 23.9 Å². The molecule has 1 aromatic heterocycles. The predicted molar refractivity (Wildman–Crippen MR) is 124 cm³/mol. The summed E-state index contributed by atoms with van der Waals surface area (Å²) in [6, 6.07) is 11.6. The van der Waals surface area contributed by atoms with Crippen LogP contribution in [0.15, 0.2) is 40.1 Å². The zero-order valence-electron chi connectivity index (χ0n) is 18.8. The van der Waals surface area contributed by atoms with Gasteiger partial charge in [0.25, 0.3) is 5.56 Å². The summed E-state index contributed by atoms with van der Waals surface area (Å²) >= 11 is 0. The molecule has 0 atom stereocenters. The van der Waals surface area contributed by atoms with Gasteiger partial charge in [0.05, 0.1) is 37.4 Å². The molecule has 166 valence electrons. The van der Waals surface area contributed by atoms with Gasteiger partial charge in [-0.25, -0.2) is 4.99 Å². The van der Waals surface area contributed by atoms with Crippen molar-refractivity contribution in [2.45, 2.75) is 20.0 Å². The van der Waals surface area contributed by atoms with Gasteiger partial charge in [-0.1, -0.05) is 12.1 Å². The van der Waals surface area contributed by atoms with E-state index < -0.39 is 5.56 Å². The van der Waals surface area contributed by atoms with E-state index in [-0.39, 0.29) is 16.7 Å². The summed E-state index contributed by atoms with van der Waals surface area (Å²) in [5, 5.41) is 13.0. The third-order valence-corrected chi connectivity index (χ3v) is 4.98. The van der Waals surface area contributed by atoms with Gasteiger partial charge in [-0.15, -0.1) is 0 Å². The number of hydrogen-bond acceptors (Lipinski definition) is 7. The maximum Gasteiger partial charge on any atom is 0.282 e. The van der Waals surface area contributed by atoms with Crippen LogP contribution in [0, 0.1) is 11.3 Å². The van der Waals surface area contributed by atoms with Crippen LogP contribution in [-0.2, 0) is 13.1 Å². The Kier molecular flexibility index (Phi) is 7.07.